The summed E-state index contributed by atoms with van der Waals surface area (Å²) < 4.78 is 22.0. The molecule has 1 saturated heterocycles. The summed E-state index contributed by atoms with van der Waals surface area (Å²) >= 11 is 0. The molecular weight excluding hydrogens is 348 g/mol. The van der Waals surface area contributed by atoms with E-state index in [0.717, 1.165) is 37.9 Å². The Labute approximate surface area is 159 Å². The number of hydrogen-bond donors (Lipinski definition) is 1. The summed E-state index contributed by atoms with van der Waals surface area (Å²) in [4.78, 5) is 2.33. The Morgan fingerprint density at radius 1 is 1.11 bits per heavy atom. The maximum Gasteiger partial charge on any atom is 0.233 e. The van der Waals surface area contributed by atoms with Crippen LogP contribution in [0, 0.1) is 0 Å². The van der Waals surface area contributed by atoms with Crippen LogP contribution in [0.2, 0.25) is 0 Å². The molecule has 0 spiro atoms. The monoisotopic (exact) mass is 376 g/mol. The highest BCUT2D eigenvalue weighted by Gasteiger charge is 2.28. The van der Waals surface area contributed by atoms with E-state index in [1.807, 2.05) is 19.1 Å². The molecule has 0 radical (unpaired) electrons. The number of rotatable bonds is 8. The van der Waals surface area contributed by atoms with E-state index in [0.29, 0.717) is 35.7 Å². The van der Waals surface area contributed by atoms with Crippen LogP contribution < -0.4 is 19.5 Å². The molecule has 27 heavy (non-hydrogen) atoms. The zero-order chi connectivity index (χ0) is 19.2. The van der Waals surface area contributed by atoms with E-state index in [9.17, 15) is 0 Å². The van der Waals surface area contributed by atoms with Gasteiger partial charge in [0.2, 0.25) is 17.5 Å². The Hall–Kier alpha value is -2.48. The number of nitrogens with zero attached hydrogens (tertiary/aromatic N) is 3. The number of piperidine rings is 1. The molecule has 0 bridgehead atoms. The molecule has 8 nitrogen and oxygen atoms in total. The summed E-state index contributed by atoms with van der Waals surface area (Å²) in [5.41, 5.74) is 0.897. The van der Waals surface area contributed by atoms with E-state index in [2.05, 4.69) is 20.4 Å². The third kappa shape index (κ3) is 4.27. The van der Waals surface area contributed by atoms with Crippen molar-refractivity contribution in [1.82, 2.24) is 15.1 Å². The number of ether oxygens (including phenoxy) is 3. The van der Waals surface area contributed by atoms with Crippen molar-refractivity contribution in [3.8, 4) is 17.2 Å². The van der Waals surface area contributed by atoms with Crippen molar-refractivity contribution in [2.75, 3.05) is 39.9 Å². The standard InChI is InChI=1S/C19H28N4O4/c1-5-17-21-22-19(27-17)14-8-6-7-9-23(14)12-20-13-10-15(24-2)18(26-4)16(11-13)25-3/h10-11,14,20H,5-9,12H2,1-4H3/t14-/m0/s1. The largest absolute Gasteiger partial charge is 0.493 e. The minimum Gasteiger partial charge on any atom is -0.493 e. The van der Waals surface area contributed by atoms with Crippen molar-refractivity contribution < 1.29 is 18.6 Å². The first-order valence-electron chi connectivity index (χ1n) is 9.30. The van der Waals surface area contributed by atoms with Gasteiger partial charge in [0.15, 0.2) is 11.5 Å². The van der Waals surface area contributed by atoms with Crippen molar-refractivity contribution in [3.63, 3.8) is 0 Å². The van der Waals surface area contributed by atoms with Crippen molar-refractivity contribution in [2.45, 2.75) is 38.6 Å². The molecule has 1 aromatic heterocycles. The van der Waals surface area contributed by atoms with Gasteiger partial charge in [-0.25, -0.2) is 0 Å². The fourth-order valence-corrected chi connectivity index (χ4v) is 3.38. The molecule has 2 aromatic rings. The first-order valence-corrected chi connectivity index (χ1v) is 9.30. The summed E-state index contributed by atoms with van der Waals surface area (Å²) in [5.74, 6) is 3.23. The SMILES string of the molecule is CCc1nnc([C@@H]2CCCCN2CNc2cc(OC)c(OC)c(OC)c2)o1. The molecule has 1 atom stereocenters. The highest BCUT2D eigenvalue weighted by atomic mass is 16.5. The van der Waals surface area contributed by atoms with Crippen LogP contribution in [0.4, 0.5) is 5.69 Å². The van der Waals surface area contributed by atoms with E-state index in [1.54, 1.807) is 21.3 Å². The number of benzene rings is 1. The highest BCUT2D eigenvalue weighted by molar-refractivity contribution is 5.62. The molecule has 8 heteroatoms. The minimum atomic E-state index is 0.140. The number of nitrogens with one attached hydrogen (secondary N) is 1. The van der Waals surface area contributed by atoms with Crippen molar-refractivity contribution in [2.24, 2.45) is 0 Å². The van der Waals surface area contributed by atoms with E-state index in [-0.39, 0.29) is 6.04 Å². The van der Waals surface area contributed by atoms with Gasteiger partial charge in [0, 0.05) is 30.8 Å². The predicted octanol–water partition coefficient (Wildman–Crippen LogP) is 3.25. The van der Waals surface area contributed by atoms with Crippen LogP contribution in [0.25, 0.3) is 0 Å². The van der Waals surface area contributed by atoms with E-state index in [1.165, 1.54) is 0 Å². The molecule has 0 aliphatic carbocycles. The van der Waals surface area contributed by atoms with Crippen molar-refractivity contribution in [3.05, 3.63) is 23.9 Å². The van der Waals surface area contributed by atoms with Crippen LogP contribution in [-0.4, -0.2) is 49.6 Å². The molecule has 148 valence electrons. The Morgan fingerprint density at radius 2 is 1.85 bits per heavy atom. The molecule has 1 N–H and O–H groups in total. The van der Waals surface area contributed by atoms with Crippen LogP contribution in [0.3, 0.4) is 0 Å². The van der Waals surface area contributed by atoms with Gasteiger partial charge in [0.05, 0.1) is 34.0 Å². The smallest absolute Gasteiger partial charge is 0.233 e. The van der Waals surface area contributed by atoms with Crippen LogP contribution in [-0.2, 0) is 6.42 Å². The number of anilines is 1. The van der Waals surface area contributed by atoms with Crippen LogP contribution in [0.1, 0.15) is 44.0 Å². The second-order valence-electron chi connectivity index (χ2n) is 6.46. The van der Waals surface area contributed by atoms with Gasteiger partial charge in [-0.2, -0.15) is 0 Å². The number of aromatic nitrogens is 2. The van der Waals surface area contributed by atoms with Crippen molar-refractivity contribution in [1.29, 1.82) is 0 Å². The van der Waals surface area contributed by atoms with Gasteiger partial charge in [-0.3, -0.25) is 4.90 Å². The quantitative estimate of drug-likeness (QED) is 0.752. The van der Waals surface area contributed by atoms with Gasteiger partial charge in [-0.1, -0.05) is 13.3 Å². The van der Waals surface area contributed by atoms with E-state index >= 15 is 0 Å². The number of aryl methyl sites for hydroxylation is 1. The Kier molecular flexibility index (Phi) is 6.39. The summed E-state index contributed by atoms with van der Waals surface area (Å²) in [6.07, 6.45) is 4.09. The van der Waals surface area contributed by atoms with Gasteiger partial charge in [-0.05, 0) is 12.8 Å². The number of methoxy groups -OCH3 is 3. The molecule has 1 fully saturated rings. The Bertz CT molecular complexity index is 724. The van der Waals surface area contributed by atoms with E-state index < -0.39 is 0 Å². The second kappa shape index (κ2) is 8.94. The maximum absolute atomic E-state index is 5.81. The maximum atomic E-state index is 5.81. The molecule has 0 unspecified atom stereocenters. The molecule has 1 aromatic carbocycles. The summed E-state index contributed by atoms with van der Waals surface area (Å²) in [6.45, 7) is 3.65. The van der Waals surface area contributed by atoms with Gasteiger partial charge < -0.3 is 23.9 Å². The molecule has 1 aliphatic rings. The molecule has 1 aliphatic heterocycles. The average Bonchev–Trinajstić information content (AvgIpc) is 3.20. The fraction of sp³-hybridized carbons (Fsp3) is 0.579. The van der Waals surface area contributed by atoms with Crippen LogP contribution >= 0.6 is 0 Å². The molecular formula is C19H28N4O4. The topological polar surface area (TPSA) is 81.9 Å². The lowest BCUT2D eigenvalue weighted by Gasteiger charge is -2.33. The first kappa shape index (κ1) is 19.3. The van der Waals surface area contributed by atoms with Gasteiger partial charge >= 0.3 is 0 Å². The predicted molar refractivity (Wildman–Crippen MR) is 102 cm³/mol. The first-order chi connectivity index (χ1) is 13.2. The number of hydrogen-bond acceptors (Lipinski definition) is 8. The average molecular weight is 376 g/mol. The Morgan fingerprint density at radius 3 is 2.44 bits per heavy atom. The molecule has 3 rings (SSSR count). The molecule has 0 saturated carbocycles. The Balaban J connectivity index is 1.74. The lowest BCUT2D eigenvalue weighted by Crippen LogP contribution is -2.37. The third-order valence-corrected chi connectivity index (χ3v) is 4.83. The summed E-state index contributed by atoms with van der Waals surface area (Å²) in [6, 6.07) is 3.95. The van der Waals surface area contributed by atoms with Gasteiger partial charge in [0.1, 0.15) is 0 Å². The van der Waals surface area contributed by atoms with E-state index in [4.69, 9.17) is 18.6 Å². The van der Waals surface area contributed by atoms with Crippen molar-refractivity contribution >= 4 is 5.69 Å². The van der Waals surface area contributed by atoms with Gasteiger partial charge in [0.25, 0.3) is 0 Å². The molecule has 2 heterocycles. The molecule has 0 amide bonds. The third-order valence-electron chi connectivity index (χ3n) is 4.83. The normalized spacial score (nSPS) is 17.6. The zero-order valence-electron chi connectivity index (χ0n) is 16.4. The second-order valence-corrected chi connectivity index (χ2v) is 6.46. The minimum absolute atomic E-state index is 0.140. The highest BCUT2D eigenvalue weighted by Crippen LogP contribution is 2.40. The lowest BCUT2D eigenvalue weighted by molar-refractivity contribution is 0.134. The van der Waals surface area contributed by atoms with Crippen LogP contribution in [0.5, 0.6) is 17.2 Å². The lowest BCUT2D eigenvalue weighted by atomic mass is 10.0. The fourth-order valence-electron chi connectivity index (χ4n) is 3.38. The van der Waals surface area contributed by atoms with Crippen LogP contribution in [0.15, 0.2) is 16.5 Å². The van der Waals surface area contributed by atoms with Gasteiger partial charge in [-0.15, -0.1) is 10.2 Å². The summed E-state index contributed by atoms with van der Waals surface area (Å²) in [7, 11) is 4.83. The number of likely N-dealkylation sites (tertiary alicyclic amines) is 1. The summed E-state index contributed by atoms with van der Waals surface area (Å²) in [5, 5.41) is 11.8. The zero-order valence-corrected chi connectivity index (χ0v) is 16.4.